The van der Waals surface area contributed by atoms with E-state index >= 15 is 0 Å². The van der Waals surface area contributed by atoms with Crippen molar-refractivity contribution in [3.8, 4) is 0 Å². The molecule has 2 heterocycles. The average molecular weight is 315 g/mol. The molecule has 3 nitrogen and oxygen atoms in total. The van der Waals surface area contributed by atoms with Gasteiger partial charge in [0.15, 0.2) is 0 Å². The first-order valence-electron chi connectivity index (χ1n) is 8.80. The van der Waals surface area contributed by atoms with Gasteiger partial charge in [-0.1, -0.05) is 33.8 Å². The lowest BCUT2D eigenvalue weighted by molar-refractivity contribution is 0.0556. The predicted molar refractivity (Wildman–Crippen MR) is 92.3 cm³/mol. The van der Waals surface area contributed by atoms with Crippen molar-refractivity contribution in [2.45, 2.75) is 78.1 Å². The molecular formula is C20H29NO2. The van der Waals surface area contributed by atoms with Crippen molar-refractivity contribution in [1.82, 2.24) is 4.98 Å². The Bertz CT molecular complexity index is 619. The molecule has 0 aromatic carbocycles. The second kappa shape index (κ2) is 6.03. The highest BCUT2D eigenvalue weighted by atomic mass is 16.5. The van der Waals surface area contributed by atoms with Gasteiger partial charge in [-0.15, -0.1) is 6.58 Å². The van der Waals surface area contributed by atoms with Crippen LogP contribution in [0, 0.1) is 5.41 Å². The van der Waals surface area contributed by atoms with Crippen LogP contribution in [0.2, 0.25) is 0 Å². The van der Waals surface area contributed by atoms with E-state index in [0.29, 0.717) is 12.5 Å². The Morgan fingerprint density at radius 3 is 2.78 bits per heavy atom. The van der Waals surface area contributed by atoms with Gasteiger partial charge in [-0.3, -0.25) is 4.98 Å². The molecule has 2 unspecified atom stereocenters. The van der Waals surface area contributed by atoms with E-state index < -0.39 is 6.10 Å². The number of nitrogens with zero attached hydrogens (tertiary/aromatic N) is 1. The minimum atomic E-state index is -0.427. The van der Waals surface area contributed by atoms with Crippen molar-refractivity contribution < 1.29 is 9.84 Å². The summed E-state index contributed by atoms with van der Waals surface area (Å²) in [6, 6.07) is 0. The van der Waals surface area contributed by atoms with Crippen molar-refractivity contribution in [1.29, 1.82) is 0 Å². The van der Waals surface area contributed by atoms with E-state index in [1.807, 2.05) is 6.08 Å². The molecule has 23 heavy (non-hydrogen) atoms. The molecule has 2 atom stereocenters. The van der Waals surface area contributed by atoms with Gasteiger partial charge in [-0.05, 0) is 42.6 Å². The molecule has 0 fully saturated rings. The summed E-state index contributed by atoms with van der Waals surface area (Å²) >= 11 is 0. The third kappa shape index (κ3) is 2.97. The Morgan fingerprint density at radius 1 is 1.39 bits per heavy atom. The third-order valence-corrected chi connectivity index (χ3v) is 5.15. The highest BCUT2D eigenvalue weighted by Crippen LogP contribution is 2.48. The first-order chi connectivity index (χ1) is 10.8. The quantitative estimate of drug-likeness (QED) is 0.815. The molecule has 1 aliphatic carbocycles. The van der Waals surface area contributed by atoms with Crippen LogP contribution in [0.25, 0.3) is 0 Å². The molecule has 2 aliphatic rings. The summed E-state index contributed by atoms with van der Waals surface area (Å²) in [5.74, 6) is 0.373. The number of rotatable bonds is 4. The zero-order valence-electron chi connectivity index (χ0n) is 14.9. The van der Waals surface area contributed by atoms with Gasteiger partial charge < -0.3 is 9.84 Å². The van der Waals surface area contributed by atoms with Gasteiger partial charge in [0.1, 0.15) is 0 Å². The minimum absolute atomic E-state index is 0.0770. The fourth-order valence-electron chi connectivity index (χ4n) is 4.15. The van der Waals surface area contributed by atoms with Crippen LogP contribution in [0.1, 0.15) is 93.2 Å². The molecule has 3 heteroatoms. The van der Waals surface area contributed by atoms with E-state index in [0.717, 1.165) is 42.6 Å². The molecule has 3 rings (SSSR count). The molecule has 0 saturated carbocycles. The lowest BCUT2D eigenvalue weighted by Gasteiger charge is -2.36. The van der Waals surface area contributed by atoms with Crippen LogP contribution in [0.3, 0.4) is 0 Å². The summed E-state index contributed by atoms with van der Waals surface area (Å²) in [4.78, 5) is 4.99. The maximum atomic E-state index is 10.8. The van der Waals surface area contributed by atoms with Gasteiger partial charge in [0.2, 0.25) is 0 Å². The Hall–Kier alpha value is -1.19. The summed E-state index contributed by atoms with van der Waals surface area (Å²) < 4.78 is 6.08. The summed E-state index contributed by atoms with van der Waals surface area (Å²) in [5.41, 5.74) is 5.87. The lowest BCUT2D eigenvalue weighted by atomic mass is 9.72. The number of fused-ring (bicyclic) bond motifs is 3. The number of aliphatic hydroxyl groups is 1. The average Bonchev–Trinajstić information content (AvgIpc) is 2.85. The lowest BCUT2D eigenvalue weighted by Crippen LogP contribution is -2.29. The third-order valence-electron chi connectivity index (χ3n) is 5.15. The standard InChI is InChI=1S/C20H29NO2/c1-6-7-8-16-17-13(11-23-16)19(12(2)3)21-14-9-20(4,5)10-15(22)18(14)17/h6,12,15-16,22H,1,7-11H2,2-5H3. The van der Waals surface area contributed by atoms with E-state index in [1.165, 1.54) is 11.1 Å². The molecule has 0 bridgehead atoms. The molecule has 0 saturated heterocycles. The van der Waals surface area contributed by atoms with Crippen LogP contribution in [0.4, 0.5) is 0 Å². The van der Waals surface area contributed by atoms with Crippen molar-refractivity contribution in [2.75, 3.05) is 0 Å². The van der Waals surface area contributed by atoms with Gasteiger partial charge >= 0.3 is 0 Å². The largest absolute Gasteiger partial charge is 0.388 e. The Morgan fingerprint density at radius 2 is 2.13 bits per heavy atom. The molecule has 1 aliphatic heterocycles. The number of aliphatic hydroxyl groups excluding tert-OH is 1. The molecule has 1 aromatic heterocycles. The summed E-state index contributed by atoms with van der Waals surface area (Å²) in [7, 11) is 0. The van der Waals surface area contributed by atoms with Crippen LogP contribution in [0.15, 0.2) is 12.7 Å². The second-order valence-corrected chi connectivity index (χ2v) is 8.13. The van der Waals surface area contributed by atoms with Crippen molar-refractivity contribution in [3.05, 3.63) is 40.7 Å². The van der Waals surface area contributed by atoms with E-state index in [1.54, 1.807) is 0 Å². The minimum Gasteiger partial charge on any atom is -0.388 e. The predicted octanol–water partition coefficient (Wildman–Crippen LogP) is 4.75. The van der Waals surface area contributed by atoms with Gasteiger partial charge in [-0.25, -0.2) is 0 Å². The van der Waals surface area contributed by atoms with Crippen LogP contribution in [-0.2, 0) is 17.8 Å². The molecule has 1 N–H and O–H groups in total. The monoisotopic (exact) mass is 315 g/mol. The number of ether oxygens (including phenoxy) is 1. The van der Waals surface area contributed by atoms with Gasteiger partial charge in [0.25, 0.3) is 0 Å². The van der Waals surface area contributed by atoms with Crippen LogP contribution >= 0.6 is 0 Å². The zero-order valence-corrected chi connectivity index (χ0v) is 14.9. The van der Waals surface area contributed by atoms with E-state index in [2.05, 4.69) is 34.3 Å². The smallest absolute Gasteiger partial charge is 0.0840 e. The maximum absolute atomic E-state index is 10.8. The van der Waals surface area contributed by atoms with E-state index in [-0.39, 0.29) is 11.5 Å². The fourth-order valence-corrected chi connectivity index (χ4v) is 4.15. The number of hydrogen-bond donors (Lipinski definition) is 1. The number of allylic oxidation sites excluding steroid dienone is 1. The molecule has 0 radical (unpaired) electrons. The Kier molecular flexibility index (Phi) is 4.37. The van der Waals surface area contributed by atoms with Crippen LogP contribution < -0.4 is 0 Å². The van der Waals surface area contributed by atoms with Crippen molar-refractivity contribution >= 4 is 0 Å². The Labute approximate surface area is 139 Å². The van der Waals surface area contributed by atoms with Crippen molar-refractivity contribution in [3.63, 3.8) is 0 Å². The van der Waals surface area contributed by atoms with Gasteiger partial charge in [0, 0.05) is 22.5 Å². The second-order valence-electron chi connectivity index (χ2n) is 8.13. The molecule has 126 valence electrons. The van der Waals surface area contributed by atoms with E-state index in [9.17, 15) is 5.11 Å². The zero-order chi connectivity index (χ0) is 16.8. The highest BCUT2D eigenvalue weighted by Gasteiger charge is 2.39. The molecule has 0 amide bonds. The number of hydrogen-bond acceptors (Lipinski definition) is 3. The maximum Gasteiger partial charge on any atom is 0.0840 e. The number of aromatic nitrogens is 1. The SMILES string of the molecule is C=CCCC1OCc2c(C(C)C)nc3c(c21)C(O)CC(C)(C)C3. The highest BCUT2D eigenvalue weighted by molar-refractivity contribution is 5.47. The van der Waals surface area contributed by atoms with Gasteiger partial charge in [0.05, 0.1) is 18.8 Å². The fraction of sp³-hybridized carbons (Fsp3) is 0.650. The van der Waals surface area contributed by atoms with Crippen molar-refractivity contribution in [2.24, 2.45) is 5.41 Å². The molecular weight excluding hydrogens is 286 g/mol. The summed E-state index contributed by atoms with van der Waals surface area (Å²) in [5, 5.41) is 10.8. The van der Waals surface area contributed by atoms with Gasteiger partial charge in [-0.2, -0.15) is 0 Å². The number of pyridine rings is 1. The molecule has 1 aromatic rings. The Balaban J connectivity index is 2.15. The van der Waals surface area contributed by atoms with E-state index in [4.69, 9.17) is 9.72 Å². The molecule has 0 spiro atoms. The summed E-state index contributed by atoms with van der Waals surface area (Å²) in [6.45, 7) is 13.3. The first kappa shape index (κ1) is 16.7. The normalized spacial score (nSPS) is 25.3. The van der Waals surface area contributed by atoms with Crippen LogP contribution in [0.5, 0.6) is 0 Å². The first-order valence-corrected chi connectivity index (χ1v) is 8.80. The topological polar surface area (TPSA) is 42.4 Å². The van der Waals surface area contributed by atoms with Crippen LogP contribution in [-0.4, -0.2) is 10.1 Å². The summed E-state index contributed by atoms with van der Waals surface area (Å²) in [6.07, 6.45) is 5.18.